The minimum absolute atomic E-state index is 0.230. The van der Waals surface area contributed by atoms with Crippen molar-refractivity contribution in [3.05, 3.63) is 41.2 Å². The molecule has 0 amide bonds. The van der Waals surface area contributed by atoms with Crippen LogP contribution in [0.5, 0.6) is 0 Å². The molecule has 0 heterocycles. The maximum Gasteiger partial charge on any atom is 0.142 e. The van der Waals surface area contributed by atoms with Crippen LogP contribution in [-0.4, -0.2) is 11.4 Å². The van der Waals surface area contributed by atoms with E-state index in [1.807, 2.05) is 0 Å². The second-order valence-corrected chi connectivity index (χ2v) is 2.47. The van der Waals surface area contributed by atoms with E-state index in [4.69, 9.17) is 5.11 Å². The minimum atomic E-state index is -0.483. The molecule has 0 fully saturated rings. The summed E-state index contributed by atoms with van der Waals surface area (Å²) >= 11 is 0. The Labute approximate surface area is 75.3 Å². The van der Waals surface area contributed by atoms with Crippen LogP contribution in [0.2, 0.25) is 0 Å². The smallest absolute Gasteiger partial charge is 0.142 e. The average Bonchev–Trinajstić information content (AvgIpc) is 2.16. The number of aliphatic hydroxyl groups is 1. The van der Waals surface area contributed by atoms with Crippen LogP contribution in [0.1, 0.15) is 11.1 Å². The molecule has 1 aromatic rings. The zero-order valence-corrected chi connectivity index (χ0v) is 6.90. The van der Waals surface area contributed by atoms with Crippen LogP contribution >= 0.6 is 0 Å². The largest absolute Gasteiger partial charge is 0.392 e. The highest BCUT2D eigenvalue weighted by molar-refractivity contribution is 5.74. The van der Waals surface area contributed by atoms with E-state index >= 15 is 0 Å². The van der Waals surface area contributed by atoms with Gasteiger partial charge in [0.25, 0.3) is 0 Å². The molecule has 1 N–H and O–H groups in total. The monoisotopic (exact) mass is 180 g/mol. The normalized spacial score (nSPS) is 10.6. The van der Waals surface area contributed by atoms with Gasteiger partial charge in [-0.2, -0.15) is 0 Å². The molecule has 2 nitrogen and oxygen atoms in total. The molecular formula is C10H9FO2. The van der Waals surface area contributed by atoms with Crippen molar-refractivity contribution < 1.29 is 14.3 Å². The van der Waals surface area contributed by atoms with Crippen LogP contribution in [-0.2, 0) is 11.4 Å². The number of hydrogen-bond acceptors (Lipinski definition) is 2. The minimum Gasteiger partial charge on any atom is -0.392 e. The fourth-order valence-electron chi connectivity index (χ4n) is 0.993. The van der Waals surface area contributed by atoms with Gasteiger partial charge in [-0.05, 0) is 12.2 Å². The van der Waals surface area contributed by atoms with Crippen molar-refractivity contribution >= 4 is 12.4 Å². The van der Waals surface area contributed by atoms with Crippen LogP contribution in [0.25, 0.3) is 6.08 Å². The third-order valence-electron chi connectivity index (χ3n) is 1.63. The van der Waals surface area contributed by atoms with Gasteiger partial charge in [0.05, 0.1) is 6.61 Å². The Bertz CT molecular complexity index is 332. The maximum atomic E-state index is 13.3. The molecule has 0 unspecified atom stereocenters. The number of carbonyl (C=O) groups excluding carboxylic acids is 1. The SMILES string of the molecule is O=CC=Cc1cccc(CO)c1F. The summed E-state index contributed by atoms with van der Waals surface area (Å²) in [6.45, 7) is -0.339. The molecule has 13 heavy (non-hydrogen) atoms. The first-order valence-electron chi connectivity index (χ1n) is 3.79. The Hall–Kier alpha value is -1.48. The predicted octanol–water partition coefficient (Wildman–Crippen LogP) is 1.53. The summed E-state index contributed by atoms with van der Waals surface area (Å²) < 4.78 is 13.3. The van der Waals surface area contributed by atoms with Gasteiger partial charge in [0.15, 0.2) is 0 Å². The first-order chi connectivity index (χ1) is 6.29. The van der Waals surface area contributed by atoms with Gasteiger partial charge in [-0.3, -0.25) is 4.79 Å². The maximum absolute atomic E-state index is 13.3. The summed E-state index contributed by atoms with van der Waals surface area (Å²) in [5, 5.41) is 8.73. The van der Waals surface area contributed by atoms with Crippen LogP contribution in [0.3, 0.4) is 0 Å². The molecule has 0 saturated heterocycles. The first kappa shape index (κ1) is 9.61. The lowest BCUT2D eigenvalue weighted by Gasteiger charge is -2.01. The molecule has 1 aromatic carbocycles. The van der Waals surface area contributed by atoms with Gasteiger partial charge in [-0.15, -0.1) is 0 Å². The average molecular weight is 180 g/mol. The lowest BCUT2D eigenvalue weighted by Crippen LogP contribution is -1.92. The molecule has 0 aliphatic carbocycles. The van der Waals surface area contributed by atoms with E-state index in [-0.39, 0.29) is 12.2 Å². The molecule has 0 aromatic heterocycles. The topological polar surface area (TPSA) is 37.3 Å². The molecule has 1 rings (SSSR count). The Morgan fingerprint density at radius 1 is 1.46 bits per heavy atom. The quantitative estimate of drug-likeness (QED) is 0.565. The molecule has 0 radical (unpaired) electrons. The zero-order chi connectivity index (χ0) is 9.68. The Kier molecular flexibility index (Phi) is 3.34. The predicted molar refractivity (Wildman–Crippen MR) is 47.4 cm³/mol. The van der Waals surface area contributed by atoms with Crippen molar-refractivity contribution in [1.29, 1.82) is 0 Å². The van der Waals surface area contributed by atoms with Gasteiger partial charge in [0.1, 0.15) is 12.1 Å². The van der Waals surface area contributed by atoms with Gasteiger partial charge in [0.2, 0.25) is 0 Å². The van der Waals surface area contributed by atoms with Gasteiger partial charge >= 0.3 is 0 Å². The lowest BCUT2D eigenvalue weighted by molar-refractivity contribution is -0.104. The summed E-state index contributed by atoms with van der Waals surface area (Å²) in [6, 6.07) is 4.65. The van der Waals surface area contributed by atoms with Gasteiger partial charge in [-0.25, -0.2) is 4.39 Å². The molecule has 0 aliphatic heterocycles. The molecule has 68 valence electrons. The number of halogens is 1. The third kappa shape index (κ3) is 2.23. The van der Waals surface area contributed by atoms with E-state index in [0.29, 0.717) is 11.8 Å². The van der Waals surface area contributed by atoms with Gasteiger partial charge in [0, 0.05) is 11.1 Å². The number of benzene rings is 1. The fourth-order valence-corrected chi connectivity index (χ4v) is 0.993. The highest BCUT2D eigenvalue weighted by atomic mass is 19.1. The third-order valence-corrected chi connectivity index (χ3v) is 1.63. The molecule has 3 heteroatoms. The van der Waals surface area contributed by atoms with Crippen molar-refractivity contribution in [3.8, 4) is 0 Å². The highest BCUT2D eigenvalue weighted by Gasteiger charge is 2.03. The summed E-state index contributed by atoms with van der Waals surface area (Å²) in [4.78, 5) is 9.99. The van der Waals surface area contributed by atoms with Crippen LogP contribution < -0.4 is 0 Å². The molecule has 0 bridgehead atoms. The van der Waals surface area contributed by atoms with Gasteiger partial charge < -0.3 is 5.11 Å². The number of hydrogen-bond donors (Lipinski definition) is 1. The number of allylic oxidation sites excluding steroid dienone is 1. The van der Waals surface area contributed by atoms with E-state index in [9.17, 15) is 9.18 Å². The molecule has 0 aliphatic rings. The van der Waals surface area contributed by atoms with Crippen LogP contribution in [0.15, 0.2) is 24.3 Å². The first-order valence-corrected chi connectivity index (χ1v) is 3.79. The van der Waals surface area contributed by atoms with E-state index in [2.05, 4.69) is 0 Å². The molecule has 0 saturated carbocycles. The Balaban J connectivity index is 3.07. The van der Waals surface area contributed by atoms with E-state index < -0.39 is 5.82 Å². The standard InChI is InChI=1S/C10H9FO2/c11-10-8(5-2-6-12)3-1-4-9(10)7-13/h1-6,13H,7H2. The number of rotatable bonds is 3. The van der Waals surface area contributed by atoms with Crippen molar-refractivity contribution in [2.45, 2.75) is 6.61 Å². The second-order valence-electron chi connectivity index (χ2n) is 2.47. The zero-order valence-electron chi connectivity index (χ0n) is 6.90. The van der Waals surface area contributed by atoms with Crippen molar-refractivity contribution in [1.82, 2.24) is 0 Å². The summed E-state index contributed by atoms with van der Waals surface area (Å²) in [7, 11) is 0. The summed E-state index contributed by atoms with van der Waals surface area (Å²) in [5.74, 6) is -0.483. The van der Waals surface area contributed by atoms with Crippen LogP contribution in [0.4, 0.5) is 4.39 Å². The highest BCUT2D eigenvalue weighted by Crippen LogP contribution is 2.13. The summed E-state index contributed by atoms with van der Waals surface area (Å²) in [6.07, 6.45) is 3.14. The Morgan fingerprint density at radius 3 is 2.85 bits per heavy atom. The van der Waals surface area contributed by atoms with E-state index in [1.165, 1.54) is 24.3 Å². The van der Waals surface area contributed by atoms with Crippen molar-refractivity contribution in [3.63, 3.8) is 0 Å². The molecular weight excluding hydrogens is 171 g/mol. The number of aliphatic hydroxyl groups excluding tert-OH is 1. The Morgan fingerprint density at radius 2 is 2.23 bits per heavy atom. The van der Waals surface area contributed by atoms with Gasteiger partial charge in [-0.1, -0.05) is 18.2 Å². The number of aldehydes is 1. The van der Waals surface area contributed by atoms with E-state index in [0.717, 1.165) is 0 Å². The van der Waals surface area contributed by atoms with Crippen molar-refractivity contribution in [2.24, 2.45) is 0 Å². The molecule has 0 spiro atoms. The summed E-state index contributed by atoms with van der Waals surface area (Å²) in [5.41, 5.74) is 0.534. The van der Waals surface area contributed by atoms with E-state index in [1.54, 1.807) is 6.07 Å². The van der Waals surface area contributed by atoms with Crippen LogP contribution in [0, 0.1) is 5.82 Å². The fraction of sp³-hybridized carbons (Fsp3) is 0.100. The van der Waals surface area contributed by atoms with Crippen molar-refractivity contribution in [2.75, 3.05) is 0 Å². The number of carbonyl (C=O) groups is 1. The lowest BCUT2D eigenvalue weighted by atomic mass is 10.1. The second kappa shape index (κ2) is 4.52. The molecule has 0 atom stereocenters.